The van der Waals surface area contributed by atoms with Crippen molar-refractivity contribution in [3.63, 3.8) is 0 Å². The van der Waals surface area contributed by atoms with Gasteiger partial charge in [-0.25, -0.2) is 4.68 Å². The number of aromatic nitrogens is 2. The fourth-order valence-electron chi connectivity index (χ4n) is 2.85. The molecule has 1 atom stereocenters. The molecular formula is C16H21N3O2S. The zero-order valence-corrected chi connectivity index (χ0v) is 13.8. The summed E-state index contributed by atoms with van der Waals surface area (Å²) in [5.41, 5.74) is 0.901. The number of methoxy groups -OCH3 is 1. The molecule has 22 heavy (non-hydrogen) atoms. The zero-order chi connectivity index (χ0) is 15.5. The third kappa shape index (κ3) is 3.39. The van der Waals surface area contributed by atoms with Gasteiger partial charge in [0.2, 0.25) is 5.89 Å². The molecule has 118 valence electrons. The largest absolute Gasteiger partial charge is 0.497 e. The minimum atomic E-state index is 0.420. The fourth-order valence-corrected chi connectivity index (χ4v) is 3.03. The van der Waals surface area contributed by atoms with Gasteiger partial charge in [-0.15, -0.1) is 5.10 Å². The lowest BCUT2D eigenvalue weighted by Gasteiger charge is -2.30. The average molecular weight is 319 g/mol. The van der Waals surface area contributed by atoms with E-state index < -0.39 is 0 Å². The Kier molecular flexibility index (Phi) is 4.59. The molecule has 1 aromatic heterocycles. The highest BCUT2D eigenvalue weighted by atomic mass is 32.1. The van der Waals surface area contributed by atoms with Gasteiger partial charge < -0.3 is 9.15 Å². The van der Waals surface area contributed by atoms with Crippen molar-refractivity contribution in [2.24, 2.45) is 5.92 Å². The van der Waals surface area contributed by atoms with Crippen LogP contribution in [0, 0.1) is 10.8 Å². The van der Waals surface area contributed by atoms with Crippen LogP contribution in [0.2, 0.25) is 0 Å². The number of likely N-dealkylation sites (tertiary alicyclic amines) is 1. The number of rotatable bonds is 4. The Morgan fingerprint density at radius 1 is 1.36 bits per heavy atom. The molecule has 0 N–H and O–H groups in total. The molecule has 0 aliphatic carbocycles. The highest BCUT2D eigenvalue weighted by Gasteiger charge is 2.18. The maximum Gasteiger partial charge on any atom is 0.288 e. The molecule has 5 nitrogen and oxygen atoms in total. The van der Waals surface area contributed by atoms with E-state index in [0.29, 0.717) is 17.4 Å². The van der Waals surface area contributed by atoms with E-state index >= 15 is 0 Å². The van der Waals surface area contributed by atoms with Gasteiger partial charge in [0, 0.05) is 12.1 Å². The van der Waals surface area contributed by atoms with Gasteiger partial charge in [0.15, 0.2) is 0 Å². The van der Waals surface area contributed by atoms with Gasteiger partial charge >= 0.3 is 0 Å². The monoisotopic (exact) mass is 319 g/mol. The summed E-state index contributed by atoms with van der Waals surface area (Å²) in [6.07, 6.45) is 2.54. The van der Waals surface area contributed by atoms with Crippen molar-refractivity contribution >= 4 is 12.2 Å². The maximum absolute atomic E-state index is 5.64. The summed E-state index contributed by atoms with van der Waals surface area (Å²) in [4.78, 5) is 2.80. The summed E-state index contributed by atoms with van der Waals surface area (Å²) in [7, 11) is 1.65. The van der Waals surface area contributed by atoms with Crippen molar-refractivity contribution in [1.82, 2.24) is 14.7 Å². The predicted molar refractivity (Wildman–Crippen MR) is 87.3 cm³/mol. The Balaban J connectivity index is 1.76. The second-order valence-corrected chi connectivity index (χ2v) is 6.22. The summed E-state index contributed by atoms with van der Waals surface area (Å²) in [6, 6.07) is 7.62. The SMILES string of the molecule is COc1ccc(-c2nn(CN3CCC[C@H](C)C3)c(=S)o2)cc1. The lowest BCUT2D eigenvalue weighted by atomic mass is 10.0. The zero-order valence-electron chi connectivity index (χ0n) is 13.0. The lowest BCUT2D eigenvalue weighted by molar-refractivity contribution is 0.136. The Morgan fingerprint density at radius 3 is 2.82 bits per heavy atom. The molecule has 6 heteroatoms. The standard InChI is InChI=1S/C16H21N3O2S/c1-12-4-3-9-18(10-12)11-19-16(22)21-15(17-19)13-5-7-14(20-2)8-6-13/h5-8,12H,3-4,9-11H2,1-2H3/t12-/m0/s1. The molecule has 3 rings (SSSR count). The Morgan fingerprint density at radius 2 is 2.14 bits per heavy atom. The van der Waals surface area contributed by atoms with E-state index in [1.54, 1.807) is 11.8 Å². The van der Waals surface area contributed by atoms with Gasteiger partial charge in [0.05, 0.1) is 13.8 Å². The molecule has 0 unspecified atom stereocenters. The Bertz CT molecular complexity index is 677. The summed E-state index contributed by atoms with van der Waals surface area (Å²) in [5.74, 6) is 2.10. The number of hydrogen-bond donors (Lipinski definition) is 0. The minimum absolute atomic E-state index is 0.420. The topological polar surface area (TPSA) is 43.4 Å². The first-order valence-corrected chi connectivity index (χ1v) is 8.01. The first-order chi connectivity index (χ1) is 10.7. The molecule has 0 saturated carbocycles. The molecule has 0 amide bonds. The van der Waals surface area contributed by atoms with Crippen LogP contribution in [0.4, 0.5) is 0 Å². The number of benzene rings is 1. The molecule has 0 spiro atoms. The van der Waals surface area contributed by atoms with E-state index in [9.17, 15) is 0 Å². The van der Waals surface area contributed by atoms with Crippen molar-refractivity contribution < 1.29 is 9.15 Å². The molecule has 1 saturated heterocycles. The Labute approximate surface area is 135 Å². The highest BCUT2D eigenvalue weighted by Crippen LogP contribution is 2.22. The van der Waals surface area contributed by atoms with E-state index in [0.717, 1.165) is 30.3 Å². The van der Waals surface area contributed by atoms with Crippen molar-refractivity contribution in [2.75, 3.05) is 20.2 Å². The van der Waals surface area contributed by atoms with Crippen LogP contribution in [-0.4, -0.2) is 34.9 Å². The number of nitrogens with zero attached hydrogens (tertiary/aromatic N) is 3. The van der Waals surface area contributed by atoms with Gasteiger partial charge in [0.1, 0.15) is 5.75 Å². The summed E-state index contributed by atoms with van der Waals surface area (Å²) >= 11 is 5.30. The molecule has 0 radical (unpaired) electrons. The summed E-state index contributed by atoms with van der Waals surface area (Å²) in [5, 5.41) is 4.52. The van der Waals surface area contributed by atoms with Crippen LogP contribution in [0.25, 0.3) is 11.5 Å². The van der Waals surface area contributed by atoms with Crippen LogP contribution in [0.15, 0.2) is 28.7 Å². The van der Waals surface area contributed by atoms with Crippen LogP contribution < -0.4 is 4.74 Å². The number of hydrogen-bond acceptors (Lipinski definition) is 5. The first kappa shape index (κ1) is 15.2. The second-order valence-electron chi connectivity index (χ2n) is 5.87. The minimum Gasteiger partial charge on any atom is -0.497 e. The number of ether oxygens (including phenoxy) is 1. The van der Waals surface area contributed by atoms with Gasteiger partial charge in [-0.05, 0) is 61.8 Å². The lowest BCUT2D eigenvalue weighted by Crippen LogP contribution is -2.36. The van der Waals surface area contributed by atoms with Gasteiger partial charge in [-0.1, -0.05) is 6.92 Å². The van der Waals surface area contributed by atoms with E-state index in [1.165, 1.54) is 12.8 Å². The molecule has 1 fully saturated rings. The van der Waals surface area contributed by atoms with E-state index in [4.69, 9.17) is 21.4 Å². The second kappa shape index (κ2) is 6.62. The molecule has 0 bridgehead atoms. The quantitative estimate of drug-likeness (QED) is 0.806. The van der Waals surface area contributed by atoms with Gasteiger partial charge in [-0.3, -0.25) is 4.90 Å². The highest BCUT2D eigenvalue weighted by molar-refractivity contribution is 7.71. The molecular weight excluding hydrogens is 298 g/mol. The third-order valence-corrected chi connectivity index (χ3v) is 4.31. The van der Waals surface area contributed by atoms with Crippen molar-refractivity contribution in [2.45, 2.75) is 26.4 Å². The molecule has 1 aliphatic rings. The van der Waals surface area contributed by atoms with Crippen molar-refractivity contribution in [1.29, 1.82) is 0 Å². The van der Waals surface area contributed by atoms with Crippen LogP contribution >= 0.6 is 12.2 Å². The predicted octanol–water partition coefficient (Wildman–Crippen LogP) is 3.57. The third-order valence-electron chi connectivity index (χ3n) is 4.02. The summed E-state index contributed by atoms with van der Waals surface area (Å²) in [6.45, 7) is 5.17. The molecule has 1 aromatic carbocycles. The van der Waals surface area contributed by atoms with Crippen molar-refractivity contribution in [3.05, 3.63) is 29.1 Å². The Hall–Kier alpha value is -1.66. The van der Waals surface area contributed by atoms with Crippen LogP contribution in [0.1, 0.15) is 19.8 Å². The van der Waals surface area contributed by atoms with E-state index in [1.807, 2.05) is 24.3 Å². The van der Waals surface area contributed by atoms with Crippen LogP contribution in [0.5, 0.6) is 5.75 Å². The molecule has 2 aromatic rings. The smallest absolute Gasteiger partial charge is 0.288 e. The van der Waals surface area contributed by atoms with Gasteiger partial charge in [0.25, 0.3) is 4.84 Å². The van der Waals surface area contributed by atoms with E-state index in [-0.39, 0.29) is 0 Å². The van der Waals surface area contributed by atoms with Crippen LogP contribution in [-0.2, 0) is 6.67 Å². The fraction of sp³-hybridized carbons (Fsp3) is 0.500. The van der Waals surface area contributed by atoms with Crippen LogP contribution in [0.3, 0.4) is 0 Å². The average Bonchev–Trinajstić information content (AvgIpc) is 2.88. The summed E-state index contributed by atoms with van der Waals surface area (Å²) < 4.78 is 12.6. The van der Waals surface area contributed by atoms with Gasteiger partial charge in [-0.2, -0.15) is 0 Å². The molecule has 2 heterocycles. The number of piperidine rings is 1. The molecule has 1 aliphatic heterocycles. The van der Waals surface area contributed by atoms with Crippen molar-refractivity contribution in [3.8, 4) is 17.2 Å². The maximum atomic E-state index is 5.64. The first-order valence-electron chi connectivity index (χ1n) is 7.60. The van der Waals surface area contributed by atoms with E-state index in [2.05, 4.69) is 16.9 Å². The normalized spacial score (nSPS) is 19.3.